The first kappa shape index (κ1) is 19.7. The zero-order chi connectivity index (χ0) is 17.4. The summed E-state index contributed by atoms with van der Waals surface area (Å²) in [6.45, 7) is 8.24. The van der Waals surface area contributed by atoms with Gasteiger partial charge in [0.2, 0.25) is 0 Å². The van der Waals surface area contributed by atoms with Crippen molar-refractivity contribution in [3.05, 3.63) is 29.3 Å². The molecule has 0 saturated carbocycles. The molecule has 130 valence electrons. The number of hydrogen-bond acceptors (Lipinski definition) is 3. The van der Waals surface area contributed by atoms with Crippen LogP contribution in [0, 0.1) is 11.8 Å². The molecule has 2 atom stereocenters. The van der Waals surface area contributed by atoms with Crippen molar-refractivity contribution in [3.63, 3.8) is 0 Å². The van der Waals surface area contributed by atoms with Crippen molar-refractivity contribution in [2.24, 2.45) is 11.8 Å². The summed E-state index contributed by atoms with van der Waals surface area (Å²) >= 11 is 0. The molecular weight excluding hydrogens is 288 g/mol. The van der Waals surface area contributed by atoms with E-state index in [9.17, 15) is 15.0 Å². The molecule has 3 nitrogen and oxygen atoms in total. The van der Waals surface area contributed by atoms with E-state index < -0.39 is 6.10 Å². The van der Waals surface area contributed by atoms with Crippen molar-refractivity contribution >= 4 is 5.78 Å². The zero-order valence-electron chi connectivity index (χ0n) is 15.0. The maximum Gasteiger partial charge on any atom is 0.134 e. The summed E-state index contributed by atoms with van der Waals surface area (Å²) in [5, 5.41) is 20.2. The van der Waals surface area contributed by atoms with Gasteiger partial charge in [-0.1, -0.05) is 46.1 Å². The highest BCUT2D eigenvalue weighted by atomic mass is 16.3. The van der Waals surface area contributed by atoms with Gasteiger partial charge >= 0.3 is 0 Å². The number of carbonyl (C=O) groups excluding carboxylic acids is 1. The summed E-state index contributed by atoms with van der Waals surface area (Å²) in [6.07, 6.45) is 5.09. The second kappa shape index (κ2) is 9.71. The topological polar surface area (TPSA) is 57.5 Å². The van der Waals surface area contributed by atoms with E-state index in [1.807, 2.05) is 0 Å². The minimum atomic E-state index is -0.533. The van der Waals surface area contributed by atoms with Crippen LogP contribution in [0.15, 0.2) is 18.2 Å². The fraction of sp³-hybridized carbons (Fsp3) is 0.650. The Morgan fingerprint density at radius 1 is 1.09 bits per heavy atom. The third-order valence-electron chi connectivity index (χ3n) is 4.34. The third-order valence-corrected chi connectivity index (χ3v) is 4.34. The number of aromatic hydroxyl groups is 1. The van der Waals surface area contributed by atoms with Gasteiger partial charge in [-0.05, 0) is 49.3 Å². The first-order valence-corrected chi connectivity index (χ1v) is 8.78. The average Bonchev–Trinajstić information content (AvgIpc) is 2.46. The summed E-state index contributed by atoms with van der Waals surface area (Å²) in [6, 6.07) is 5.07. The normalized spacial score (nSPS) is 14.0. The zero-order valence-corrected chi connectivity index (χ0v) is 15.0. The van der Waals surface area contributed by atoms with Gasteiger partial charge in [-0.3, -0.25) is 4.79 Å². The summed E-state index contributed by atoms with van der Waals surface area (Å²) in [7, 11) is 0. The molecule has 0 unspecified atom stereocenters. The third kappa shape index (κ3) is 7.65. The lowest BCUT2D eigenvalue weighted by atomic mass is 9.92. The number of rotatable bonds is 10. The van der Waals surface area contributed by atoms with Gasteiger partial charge in [0.1, 0.15) is 11.5 Å². The van der Waals surface area contributed by atoms with Crippen LogP contribution in [0.1, 0.15) is 77.0 Å². The molecule has 0 radical (unpaired) electrons. The molecule has 1 rings (SSSR count). The van der Waals surface area contributed by atoms with E-state index in [0.29, 0.717) is 17.9 Å². The van der Waals surface area contributed by atoms with Crippen LogP contribution in [-0.4, -0.2) is 16.0 Å². The number of benzene rings is 1. The molecule has 0 amide bonds. The van der Waals surface area contributed by atoms with Crippen LogP contribution in [0.2, 0.25) is 0 Å². The van der Waals surface area contributed by atoms with Crippen LogP contribution < -0.4 is 0 Å². The Kier molecular flexibility index (Phi) is 8.32. The Balaban J connectivity index is 2.51. The van der Waals surface area contributed by atoms with Crippen LogP contribution >= 0.6 is 0 Å². The molecule has 2 N–H and O–H groups in total. The largest absolute Gasteiger partial charge is 0.508 e. The molecular formula is C20H32O3. The SMILES string of the molecule is CC(=O)Cc1cc([C@@H](O)CC[C@H](C)CCCC(C)C)ccc1O. The number of phenols is 1. The van der Waals surface area contributed by atoms with Gasteiger partial charge in [0.15, 0.2) is 0 Å². The predicted octanol–water partition coefficient (Wildman–Crippen LogP) is 4.80. The second-order valence-electron chi connectivity index (χ2n) is 7.29. The summed E-state index contributed by atoms with van der Waals surface area (Å²) in [4.78, 5) is 11.2. The Morgan fingerprint density at radius 2 is 1.78 bits per heavy atom. The Bertz CT molecular complexity index is 494. The fourth-order valence-corrected chi connectivity index (χ4v) is 2.85. The van der Waals surface area contributed by atoms with E-state index in [2.05, 4.69) is 20.8 Å². The van der Waals surface area contributed by atoms with Crippen LogP contribution in [-0.2, 0) is 11.2 Å². The molecule has 3 heteroatoms. The first-order valence-electron chi connectivity index (χ1n) is 8.78. The molecule has 0 heterocycles. The molecule has 0 spiro atoms. The fourth-order valence-electron chi connectivity index (χ4n) is 2.85. The van der Waals surface area contributed by atoms with Crippen LogP contribution in [0.25, 0.3) is 0 Å². The molecule has 0 aliphatic rings. The Labute approximate surface area is 140 Å². The number of carbonyl (C=O) groups is 1. The number of Topliss-reactive ketones (excluding diaryl/α,β-unsaturated/α-hetero) is 1. The molecule has 23 heavy (non-hydrogen) atoms. The molecule has 0 aromatic heterocycles. The quantitative estimate of drug-likeness (QED) is 0.651. The Morgan fingerprint density at radius 3 is 2.39 bits per heavy atom. The molecule has 1 aromatic carbocycles. The maximum atomic E-state index is 11.2. The van der Waals surface area contributed by atoms with Gasteiger partial charge < -0.3 is 10.2 Å². The maximum absolute atomic E-state index is 11.2. The van der Waals surface area contributed by atoms with Gasteiger partial charge in [0, 0.05) is 12.0 Å². The number of aliphatic hydroxyl groups is 1. The minimum absolute atomic E-state index is 0.00529. The lowest BCUT2D eigenvalue weighted by molar-refractivity contribution is -0.116. The molecule has 0 fully saturated rings. The molecule has 1 aromatic rings. The highest BCUT2D eigenvalue weighted by Gasteiger charge is 2.13. The first-order chi connectivity index (χ1) is 10.8. The van der Waals surface area contributed by atoms with E-state index in [0.717, 1.165) is 17.9 Å². The number of phenolic OH excluding ortho intramolecular Hbond substituents is 1. The van der Waals surface area contributed by atoms with Gasteiger partial charge in [0.05, 0.1) is 6.10 Å². The van der Waals surface area contributed by atoms with Gasteiger partial charge in [-0.25, -0.2) is 0 Å². The van der Waals surface area contributed by atoms with E-state index in [1.165, 1.54) is 26.2 Å². The van der Waals surface area contributed by atoms with E-state index >= 15 is 0 Å². The molecule has 0 aliphatic carbocycles. The van der Waals surface area contributed by atoms with Crippen molar-refractivity contribution in [1.82, 2.24) is 0 Å². The smallest absolute Gasteiger partial charge is 0.134 e. The van der Waals surface area contributed by atoms with Gasteiger partial charge in [-0.2, -0.15) is 0 Å². The number of aliphatic hydroxyl groups excluding tert-OH is 1. The Hall–Kier alpha value is -1.35. The molecule has 0 aliphatic heterocycles. The van der Waals surface area contributed by atoms with Crippen molar-refractivity contribution in [2.45, 2.75) is 72.3 Å². The van der Waals surface area contributed by atoms with Gasteiger partial charge in [0.25, 0.3) is 0 Å². The monoisotopic (exact) mass is 320 g/mol. The molecule has 0 bridgehead atoms. The standard InChI is InChI=1S/C20H32O3/c1-14(2)6-5-7-15(3)8-10-19(22)17-9-11-20(23)18(13-17)12-16(4)21/h9,11,13-15,19,22-23H,5-8,10,12H2,1-4H3/t15-,19+/m1/s1. The number of hydrogen-bond donors (Lipinski definition) is 2. The molecule has 0 saturated heterocycles. The highest BCUT2D eigenvalue weighted by Crippen LogP contribution is 2.27. The van der Waals surface area contributed by atoms with E-state index in [4.69, 9.17) is 0 Å². The lowest BCUT2D eigenvalue weighted by Crippen LogP contribution is -2.04. The minimum Gasteiger partial charge on any atom is -0.508 e. The highest BCUT2D eigenvalue weighted by molar-refractivity contribution is 5.79. The van der Waals surface area contributed by atoms with Crippen molar-refractivity contribution in [3.8, 4) is 5.75 Å². The van der Waals surface area contributed by atoms with Gasteiger partial charge in [-0.15, -0.1) is 0 Å². The van der Waals surface area contributed by atoms with E-state index in [-0.39, 0.29) is 18.0 Å². The van der Waals surface area contributed by atoms with Crippen molar-refractivity contribution in [1.29, 1.82) is 0 Å². The summed E-state index contributed by atoms with van der Waals surface area (Å²) in [5.41, 5.74) is 1.38. The van der Waals surface area contributed by atoms with E-state index in [1.54, 1.807) is 18.2 Å². The average molecular weight is 320 g/mol. The summed E-state index contributed by atoms with van der Waals surface area (Å²) in [5.74, 6) is 1.49. The summed E-state index contributed by atoms with van der Waals surface area (Å²) < 4.78 is 0. The lowest BCUT2D eigenvalue weighted by Gasteiger charge is -2.16. The predicted molar refractivity (Wildman–Crippen MR) is 94.5 cm³/mol. The van der Waals surface area contributed by atoms with Crippen LogP contribution in [0.4, 0.5) is 0 Å². The van der Waals surface area contributed by atoms with Crippen LogP contribution in [0.3, 0.4) is 0 Å². The second-order valence-corrected chi connectivity index (χ2v) is 7.29. The van der Waals surface area contributed by atoms with Crippen LogP contribution in [0.5, 0.6) is 5.75 Å². The van der Waals surface area contributed by atoms with Crippen molar-refractivity contribution in [2.75, 3.05) is 0 Å². The van der Waals surface area contributed by atoms with Crippen molar-refractivity contribution < 1.29 is 15.0 Å². The number of ketones is 1.